The number of hydrogen-bond donors (Lipinski definition) is 4. The molecule has 1 aliphatic rings. The Morgan fingerprint density at radius 2 is 1.59 bits per heavy atom. The zero-order chi connectivity index (χ0) is 25.6. The van der Waals surface area contributed by atoms with E-state index in [0.29, 0.717) is 0 Å². The summed E-state index contributed by atoms with van der Waals surface area (Å²) in [4.78, 5) is 21.8. The number of carboxylic acid groups (broad SMARTS) is 2. The first kappa shape index (κ1) is 27.1. The van der Waals surface area contributed by atoms with E-state index in [1.165, 1.54) is 23.3 Å². The van der Waals surface area contributed by atoms with Gasteiger partial charge in [0.05, 0.1) is 12.7 Å². The van der Waals surface area contributed by atoms with Crippen LogP contribution in [0.15, 0.2) is 42.5 Å². The molecule has 11 heteroatoms. The van der Waals surface area contributed by atoms with Crippen molar-refractivity contribution in [3.8, 4) is 5.75 Å². The molecule has 4 N–H and O–H groups in total. The van der Waals surface area contributed by atoms with E-state index in [1.807, 2.05) is 18.2 Å². The number of hydrogen-bond acceptors (Lipinski definition) is 6. The van der Waals surface area contributed by atoms with Crippen molar-refractivity contribution in [1.82, 2.24) is 4.90 Å². The number of aliphatic carboxylic acids is 2. The van der Waals surface area contributed by atoms with Gasteiger partial charge in [-0.15, -0.1) is 0 Å². The molecule has 8 nitrogen and oxygen atoms in total. The first-order valence-electron chi connectivity index (χ1n) is 10.2. The van der Waals surface area contributed by atoms with Crippen molar-refractivity contribution in [2.45, 2.75) is 37.3 Å². The Bertz CT molecular complexity index is 977. The molecular formula is C23H26F3NO7. The van der Waals surface area contributed by atoms with Gasteiger partial charge in [0.2, 0.25) is 0 Å². The Balaban J connectivity index is 0.000000347. The number of ether oxygens (including phenoxy) is 1. The number of carbonyl (C=O) groups is 2. The van der Waals surface area contributed by atoms with Gasteiger partial charge in [-0.3, -0.25) is 0 Å². The number of carboxylic acids is 2. The van der Waals surface area contributed by atoms with Gasteiger partial charge in [-0.05, 0) is 61.0 Å². The summed E-state index contributed by atoms with van der Waals surface area (Å²) in [6.45, 7) is 1.70. The van der Waals surface area contributed by atoms with Gasteiger partial charge in [-0.2, -0.15) is 13.2 Å². The van der Waals surface area contributed by atoms with Gasteiger partial charge in [0.15, 0.2) is 12.2 Å². The SMILES string of the molecule is COc1ccc2c(c1)CN(C)CCC2c1ccc(C(F)(F)F)cc1.O=C(O)[C@H](O)[C@@H](O)C(=O)O. The van der Waals surface area contributed by atoms with Crippen LogP contribution in [0, 0.1) is 0 Å². The van der Waals surface area contributed by atoms with Crippen LogP contribution in [0.3, 0.4) is 0 Å². The topological polar surface area (TPSA) is 128 Å². The van der Waals surface area contributed by atoms with Crippen molar-refractivity contribution in [3.63, 3.8) is 0 Å². The van der Waals surface area contributed by atoms with Crippen LogP contribution in [0.2, 0.25) is 0 Å². The molecule has 2 aromatic rings. The van der Waals surface area contributed by atoms with Crippen molar-refractivity contribution in [2.75, 3.05) is 20.7 Å². The lowest BCUT2D eigenvalue weighted by atomic mass is 9.86. The number of rotatable bonds is 5. The normalized spacial score (nSPS) is 17.9. The number of fused-ring (bicyclic) bond motifs is 1. The molecule has 0 saturated heterocycles. The summed E-state index contributed by atoms with van der Waals surface area (Å²) in [5.41, 5.74) is 2.65. The van der Waals surface area contributed by atoms with Crippen LogP contribution in [0.4, 0.5) is 13.2 Å². The van der Waals surface area contributed by atoms with E-state index < -0.39 is 35.9 Å². The third-order valence-electron chi connectivity index (χ3n) is 5.41. The summed E-state index contributed by atoms with van der Waals surface area (Å²) in [6.07, 6.45) is -7.95. The number of aliphatic hydroxyl groups is 2. The van der Waals surface area contributed by atoms with Crippen LogP contribution in [-0.2, 0) is 22.3 Å². The van der Waals surface area contributed by atoms with E-state index >= 15 is 0 Å². The fourth-order valence-corrected chi connectivity index (χ4v) is 3.58. The molecule has 0 aliphatic carbocycles. The van der Waals surface area contributed by atoms with Gasteiger partial charge in [0, 0.05) is 12.5 Å². The minimum Gasteiger partial charge on any atom is -0.497 e. The zero-order valence-electron chi connectivity index (χ0n) is 18.5. The molecule has 186 valence electrons. The molecule has 0 amide bonds. The summed E-state index contributed by atoms with van der Waals surface area (Å²) in [5, 5.41) is 32.5. The van der Waals surface area contributed by atoms with Crippen LogP contribution >= 0.6 is 0 Å². The monoisotopic (exact) mass is 485 g/mol. The number of aliphatic hydroxyl groups excluding tert-OH is 2. The Morgan fingerprint density at radius 3 is 2.06 bits per heavy atom. The first-order valence-corrected chi connectivity index (χ1v) is 10.2. The molecule has 0 bridgehead atoms. The predicted octanol–water partition coefficient (Wildman–Crippen LogP) is 2.56. The third-order valence-corrected chi connectivity index (χ3v) is 5.41. The molecule has 0 fully saturated rings. The number of nitrogens with zero attached hydrogens (tertiary/aromatic N) is 1. The second kappa shape index (κ2) is 11.3. The van der Waals surface area contributed by atoms with Crippen molar-refractivity contribution < 1.29 is 47.9 Å². The highest BCUT2D eigenvalue weighted by atomic mass is 19.4. The number of methoxy groups -OCH3 is 1. The Labute approximate surface area is 193 Å². The molecule has 3 rings (SSSR count). The fraction of sp³-hybridized carbons (Fsp3) is 0.391. The molecule has 0 aromatic heterocycles. The van der Waals surface area contributed by atoms with Gasteiger partial charge in [-0.1, -0.05) is 18.2 Å². The largest absolute Gasteiger partial charge is 0.497 e. The minimum atomic E-state index is -4.30. The lowest BCUT2D eigenvalue weighted by Crippen LogP contribution is -2.39. The average molecular weight is 485 g/mol. The summed E-state index contributed by atoms with van der Waals surface area (Å²) in [6, 6.07) is 11.5. The number of alkyl halides is 3. The van der Waals surface area contributed by atoms with Crippen LogP contribution < -0.4 is 4.74 Å². The summed E-state index contributed by atoms with van der Waals surface area (Å²) < 4.78 is 43.6. The Morgan fingerprint density at radius 1 is 1.03 bits per heavy atom. The molecule has 1 heterocycles. The van der Waals surface area contributed by atoms with E-state index in [9.17, 15) is 22.8 Å². The van der Waals surface area contributed by atoms with E-state index in [4.69, 9.17) is 25.2 Å². The molecule has 1 aliphatic heterocycles. The lowest BCUT2D eigenvalue weighted by Gasteiger charge is -2.19. The molecule has 34 heavy (non-hydrogen) atoms. The number of benzene rings is 2. The van der Waals surface area contributed by atoms with Gasteiger partial charge in [-0.25, -0.2) is 9.59 Å². The molecule has 3 atom stereocenters. The highest BCUT2D eigenvalue weighted by Crippen LogP contribution is 2.37. The number of halogens is 3. The summed E-state index contributed by atoms with van der Waals surface area (Å²) in [5.74, 6) is -2.64. The molecule has 0 saturated carbocycles. The summed E-state index contributed by atoms with van der Waals surface area (Å²) >= 11 is 0. The average Bonchev–Trinajstić information content (AvgIpc) is 2.95. The maximum absolute atomic E-state index is 12.8. The van der Waals surface area contributed by atoms with Gasteiger partial charge >= 0.3 is 18.1 Å². The van der Waals surface area contributed by atoms with E-state index in [2.05, 4.69) is 11.9 Å². The van der Waals surface area contributed by atoms with Crippen LogP contribution in [0.25, 0.3) is 0 Å². The van der Waals surface area contributed by atoms with E-state index in [-0.39, 0.29) is 5.92 Å². The predicted molar refractivity (Wildman–Crippen MR) is 115 cm³/mol. The lowest BCUT2D eigenvalue weighted by molar-refractivity contribution is -0.165. The molecule has 0 radical (unpaired) electrons. The van der Waals surface area contributed by atoms with E-state index in [1.54, 1.807) is 19.2 Å². The maximum atomic E-state index is 12.8. The quantitative estimate of drug-likeness (QED) is 0.509. The van der Waals surface area contributed by atoms with Crippen molar-refractivity contribution in [3.05, 3.63) is 64.7 Å². The smallest absolute Gasteiger partial charge is 0.416 e. The standard InChI is InChI=1S/C19H20F3NO.C4H6O6/c1-23-10-9-18(13-3-5-15(6-4-13)19(20,21)22)17-8-7-16(24-2)11-14(17)12-23;5-1(3(7)8)2(6)4(9)10/h3-8,11,18H,9-10,12H2,1-2H3;1-2,5-6H,(H,7,8)(H,9,10)/t;1-,2-/m.1/s1. The van der Waals surface area contributed by atoms with E-state index in [0.717, 1.165) is 30.8 Å². The molecule has 0 spiro atoms. The highest BCUT2D eigenvalue weighted by molar-refractivity contribution is 5.83. The highest BCUT2D eigenvalue weighted by Gasteiger charge is 2.31. The molecule has 2 aromatic carbocycles. The Kier molecular flexibility index (Phi) is 9.02. The minimum absolute atomic E-state index is 0.0955. The van der Waals surface area contributed by atoms with Gasteiger partial charge < -0.3 is 30.1 Å². The zero-order valence-corrected chi connectivity index (χ0v) is 18.5. The van der Waals surface area contributed by atoms with Crippen molar-refractivity contribution in [2.24, 2.45) is 0 Å². The fourth-order valence-electron chi connectivity index (χ4n) is 3.58. The Hall–Kier alpha value is -3.15. The second-order valence-corrected chi connectivity index (χ2v) is 7.83. The van der Waals surface area contributed by atoms with Crippen molar-refractivity contribution in [1.29, 1.82) is 0 Å². The third kappa shape index (κ3) is 6.92. The van der Waals surface area contributed by atoms with Crippen LogP contribution in [0.5, 0.6) is 5.75 Å². The maximum Gasteiger partial charge on any atom is 0.416 e. The molecule has 1 unspecified atom stereocenters. The van der Waals surface area contributed by atoms with Crippen molar-refractivity contribution >= 4 is 11.9 Å². The second-order valence-electron chi connectivity index (χ2n) is 7.83. The first-order chi connectivity index (χ1) is 15.8. The van der Waals surface area contributed by atoms with Crippen LogP contribution in [-0.4, -0.2) is 70.2 Å². The summed E-state index contributed by atoms with van der Waals surface area (Å²) in [7, 11) is 3.69. The van der Waals surface area contributed by atoms with Gasteiger partial charge in [0.1, 0.15) is 5.75 Å². The van der Waals surface area contributed by atoms with Crippen LogP contribution in [0.1, 0.15) is 34.6 Å². The van der Waals surface area contributed by atoms with Gasteiger partial charge in [0.25, 0.3) is 0 Å². The molecular weight excluding hydrogens is 459 g/mol.